The number of carbonyl (C=O) groups is 1. The largest absolute Gasteiger partial charge is 0.481 e. The van der Waals surface area contributed by atoms with E-state index in [-0.39, 0.29) is 18.4 Å². The number of carboxylic acid groups (broad SMARTS) is 1. The summed E-state index contributed by atoms with van der Waals surface area (Å²) in [7, 11) is 0. The summed E-state index contributed by atoms with van der Waals surface area (Å²) in [6.45, 7) is 2.06. The molecule has 0 saturated heterocycles. The van der Waals surface area contributed by atoms with Gasteiger partial charge in [-0.05, 0) is 31.6 Å². The van der Waals surface area contributed by atoms with Crippen molar-refractivity contribution in [2.45, 2.75) is 63.3 Å². The number of aliphatic hydroxyl groups excluding tert-OH is 1. The van der Waals surface area contributed by atoms with E-state index >= 15 is 0 Å². The number of thioether (sulfide) groups is 1. The number of rotatable bonds is 7. The van der Waals surface area contributed by atoms with Crippen LogP contribution in [0, 0.1) is 5.92 Å². The molecule has 0 unspecified atom stereocenters. The lowest BCUT2D eigenvalue weighted by Crippen LogP contribution is -2.21. The monoisotopic (exact) mass is 313 g/mol. The summed E-state index contributed by atoms with van der Waals surface area (Å²) in [6, 6.07) is 0.284. The van der Waals surface area contributed by atoms with Gasteiger partial charge in [0, 0.05) is 6.04 Å². The topological polar surface area (TPSA) is 88.2 Å². The van der Waals surface area contributed by atoms with E-state index in [9.17, 15) is 9.90 Å². The van der Waals surface area contributed by atoms with Crippen LogP contribution in [0.2, 0.25) is 0 Å². The van der Waals surface area contributed by atoms with Crippen LogP contribution < -0.4 is 0 Å². The van der Waals surface area contributed by atoms with Crippen molar-refractivity contribution in [3.05, 3.63) is 5.82 Å². The summed E-state index contributed by atoms with van der Waals surface area (Å²) < 4.78 is 1.95. The van der Waals surface area contributed by atoms with Crippen molar-refractivity contribution >= 4 is 17.7 Å². The summed E-state index contributed by atoms with van der Waals surface area (Å²) in [6.07, 6.45) is 6.98. The first kappa shape index (κ1) is 16.3. The minimum absolute atomic E-state index is 0.0330. The molecule has 0 aromatic carbocycles. The van der Waals surface area contributed by atoms with Crippen molar-refractivity contribution in [2.24, 2.45) is 5.92 Å². The number of aromatic nitrogens is 3. The Morgan fingerprint density at radius 1 is 1.33 bits per heavy atom. The van der Waals surface area contributed by atoms with Gasteiger partial charge in [0.1, 0.15) is 6.61 Å². The van der Waals surface area contributed by atoms with Gasteiger partial charge in [-0.2, -0.15) is 0 Å². The first-order chi connectivity index (χ1) is 10.2. The Hall–Kier alpha value is -1.08. The van der Waals surface area contributed by atoms with E-state index in [1.165, 1.54) is 37.4 Å². The number of nitrogens with zero attached hydrogens (tertiary/aromatic N) is 3. The zero-order chi connectivity index (χ0) is 15.2. The lowest BCUT2D eigenvalue weighted by molar-refractivity contribution is -0.133. The van der Waals surface area contributed by atoms with Gasteiger partial charge in [-0.25, -0.2) is 0 Å². The summed E-state index contributed by atoms with van der Waals surface area (Å²) >= 11 is 1.17. The predicted molar refractivity (Wildman–Crippen MR) is 80.2 cm³/mol. The third-order valence-corrected chi connectivity index (χ3v) is 5.01. The maximum Gasteiger partial charge on any atom is 0.313 e. The van der Waals surface area contributed by atoms with Gasteiger partial charge in [-0.3, -0.25) is 4.79 Å². The predicted octanol–water partition coefficient (Wildman–Crippen LogP) is 2.48. The lowest BCUT2D eigenvalue weighted by Gasteiger charge is -2.30. The molecule has 0 atom stereocenters. The standard InChI is InChI=1S/C14H23N3O3S/c1-2-3-10-4-6-11(7-5-10)17-12(8-18)15-16-14(17)21-9-13(19)20/h10-11,18H,2-9H2,1H3,(H,19,20). The quantitative estimate of drug-likeness (QED) is 0.752. The molecule has 1 aromatic rings. The molecule has 1 aliphatic rings. The Kier molecular flexibility index (Phi) is 6.05. The maximum atomic E-state index is 10.7. The third-order valence-electron chi connectivity index (χ3n) is 4.08. The van der Waals surface area contributed by atoms with E-state index in [4.69, 9.17) is 5.11 Å². The van der Waals surface area contributed by atoms with E-state index in [2.05, 4.69) is 17.1 Å². The fraction of sp³-hybridized carbons (Fsp3) is 0.786. The van der Waals surface area contributed by atoms with E-state index < -0.39 is 5.97 Å². The molecule has 1 saturated carbocycles. The molecule has 2 N–H and O–H groups in total. The molecule has 1 fully saturated rings. The Balaban J connectivity index is 2.07. The van der Waals surface area contributed by atoms with Crippen LogP contribution in [0.15, 0.2) is 5.16 Å². The van der Waals surface area contributed by atoms with Crippen LogP contribution in [0.25, 0.3) is 0 Å². The molecule has 2 rings (SSSR count). The lowest BCUT2D eigenvalue weighted by atomic mass is 9.83. The highest BCUT2D eigenvalue weighted by atomic mass is 32.2. The fourth-order valence-electron chi connectivity index (χ4n) is 3.11. The Labute approximate surface area is 129 Å². The summed E-state index contributed by atoms with van der Waals surface area (Å²) in [4.78, 5) is 10.7. The minimum Gasteiger partial charge on any atom is -0.481 e. The second kappa shape index (κ2) is 7.79. The molecular formula is C14H23N3O3S. The normalized spacial score (nSPS) is 22.4. The summed E-state index contributed by atoms with van der Waals surface area (Å²) in [5.74, 6) is 0.443. The maximum absolute atomic E-state index is 10.7. The van der Waals surface area contributed by atoms with E-state index in [1.54, 1.807) is 0 Å². The van der Waals surface area contributed by atoms with Gasteiger partial charge in [0.05, 0.1) is 5.75 Å². The molecule has 21 heavy (non-hydrogen) atoms. The average molecular weight is 313 g/mol. The summed E-state index contributed by atoms with van der Waals surface area (Å²) in [5, 5.41) is 26.9. The minimum atomic E-state index is -0.869. The average Bonchev–Trinajstić information content (AvgIpc) is 2.89. The highest BCUT2D eigenvalue weighted by molar-refractivity contribution is 7.99. The van der Waals surface area contributed by atoms with Crippen molar-refractivity contribution in [2.75, 3.05) is 5.75 Å². The first-order valence-electron chi connectivity index (χ1n) is 7.54. The Morgan fingerprint density at radius 2 is 2.05 bits per heavy atom. The van der Waals surface area contributed by atoms with Crippen LogP contribution in [0.4, 0.5) is 0 Å². The summed E-state index contributed by atoms with van der Waals surface area (Å²) in [5.41, 5.74) is 0. The second-order valence-electron chi connectivity index (χ2n) is 5.57. The third kappa shape index (κ3) is 4.20. The number of aliphatic hydroxyl groups is 1. The van der Waals surface area contributed by atoms with Crippen molar-refractivity contribution < 1.29 is 15.0 Å². The van der Waals surface area contributed by atoms with Crippen molar-refractivity contribution in [1.82, 2.24) is 14.8 Å². The van der Waals surface area contributed by atoms with Crippen LogP contribution in [0.1, 0.15) is 57.3 Å². The molecule has 1 aliphatic carbocycles. The molecule has 0 spiro atoms. The van der Waals surface area contributed by atoms with Gasteiger partial charge in [-0.1, -0.05) is 31.5 Å². The van der Waals surface area contributed by atoms with Gasteiger partial charge >= 0.3 is 5.97 Å². The van der Waals surface area contributed by atoms with Crippen LogP contribution in [-0.4, -0.2) is 36.7 Å². The number of aliphatic carboxylic acids is 1. The van der Waals surface area contributed by atoms with Crippen LogP contribution in [0.5, 0.6) is 0 Å². The van der Waals surface area contributed by atoms with Gasteiger partial charge < -0.3 is 14.8 Å². The van der Waals surface area contributed by atoms with Crippen LogP contribution >= 0.6 is 11.8 Å². The second-order valence-corrected chi connectivity index (χ2v) is 6.52. The molecule has 0 amide bonds. The number of hydrogen-bond acceptors (Lipinski definition) is 5. The highest BCUT2D eigenvalue weighted by Crippen LogP contribution is 2.36. The fourth-order valence-corrected chi connectivity index (χ4v) is 3.85. The first-order valence-corrected chi connectivity index (χ1v) is 8.53. The zero-order valence-corrected chi connectivity index (χ0v) is 13.2. The molecule has 0 aliphatic heterocycles. The van der Waals surface area contributed by atoms with E-state index in [1.807, 2.05) is 4.57 Å². The van der Waals surface area contributed by atoms with Crippen molar-refractivity contribution in [1.29, 1.82) is 0 Å². The molecule has 7 heteroatoms. The number of carboxylic acids is 1. The van der Waals surface area contributed by atoms with Crippen molar-refractivity contribution in [3.63, 3.8) is 0 Å². The van der Waals surface area contributed by atoms with Gasteiger partial charge in [0.25, 0.3) is 0 Å². The molecule has 0 bridgehead atoms. The van der Waals surface area contributed by atoms with Crippen LogP contribution in [-0.2, 0) is 11.4 Å². The Morgan fingerprint density at radius 3 is 2.62 bits per heavy atom. The molecule has 1 aromatic heterocycles. The van der Waals surface area contributed by atoms with Crippen LogP contribution in [0.3, 0.4) is 0 Å². The van der Waals surface area contributed by atoms with Gasteiger partial charge in [0.2, 0.25) is 0 Å². The molecule has 118 valence electrons. The molecular weight excluding hydrogens is 290 g/mol. The SMILES string of the molecule is CCCC1CCC(n2c(CO)nnc2SCC(=O)O)CC1. The van der Waals surface area contributed by atoms with Gasteiger partial charge in [-0.15, -0.1) is 10.2 Å². The zero-order valence-electron chi connectivity index (χ0n) is 12.4. The van der Waals surface area contributed by atoms with E-state index in [0.29, 0.717) is 11.0 Å². The Bertz CT molecular complexity index is 470. The van der Waals surface area contributed by atoms with Crippen molar-refractivity contribution in [3.8, 4) is 0 Å². The molecule has 0 radical (unpaired) electrons. The smallest absolute Gasteiger partial charge is 0.313 e. The molecule has 6 nitrogen and oxygen atoms in total. The van der Waals surface area contributed by atoms with E-state index in [0.717, 1.165) is 18.8 Å². The molecule has 1 heterocycles. The number of hydrogen-bond donors (Lipinski definition) is 2. The highest BCUT2D eigenvalue weighted by Gasteiger charge is 2.26. The van der Waals surface area contributed by atoms with Gasteiger partial charge in [0.15, 0.2) is 11.0 Å².